The normalized spacial score (nSPS) is 11.2. The van der Waals surface area contributed by atoms with Crippen molar-refractivity contribution in [2.75, 3.05) is 6.61 Å². The molecule has 4 heteroatoms. The first kappa shape index (κ1) is 13.6. The van der Waals surface area contributed by atoms with Crippen molar-refractivity contribution in [3.63, 3.8) is 0 Å². The topological polar surface area (TPSA) is 52.3 Å². The molecule has 0 saturated heterocycles. The van der Waals surface area contributed by atoms with Crippen LogP contribution in [0.4, 0.5) is 0 Å². The van der Waals surface area contributed by atoms with Gasteiger partial charge in [0, 0.05) is 0 Å². The third kappa shape index (κ3) is 3.13. The fraction of sp³-hybridized carbons (Fsp3) is 0.467. The minimum atomic E-state index is -0.368. The largest absolute Gasteiger partial charge is 0.450 e. The Labute approximate surface area is 112 Å². The van der Waals surface area contributed by atoms with Gasteiger partial charge in [-0.3, -0.25) is 0 Å². The summed E-state index contributed by atoms with van der Waals surface area (Å²) in [6.07, 6.45) is 1.73. The van der Waals surface area contributed by atoms with Crippen molar-refractivity contribution in [3.8, 4) is 6.08 Å². The smallest absolute Gasteiger partial charge is 0.397 e. The van der Waals surface area contributed by atoms with Crippen LogP contribution in [0.15, 0.2) is 27.4 Å². The zero-order valence-corrected chi connectivity index (χ0v) is 11.6. The van der Waals surface area contributed by atoms with E-state index in [4.69, 9.17) is 9.15 Å². The molecule has 0 bridgehead atoms. The summed E-state index contributed by atoms with van der Waals surface area (Å²) in [5.74, 6) is 0.473. The average Bonchev–Trinajstić information content (AvgIpc) is 2.35. The summed E-state index contributed by atoms with van der Waals surface area (Å²) in [6, 6.07) is 5.68. The van der Waals surface area contributed by atoms with Gasteiger partial charge in [0.15, 0.2) is 0 Å². The molecule has 1 aromatic heterocycles. The first-order valence-corrected chi connectivity index (χ1v) is 6.67. The van der Waals surface area contributed by atoms with Crippen LogP contribution in [-0.2, 0) is 6.42 Å². The summed E-state index contributed by atoms with van der Waals surface area (Å²) in [5, 5.41) is 0.569. The van der Waals surface area contributed by atoms with E-state index in [2.05, 4.69) is 18.8 Å². The Morgan fingerprint density at radius 2 is 2.16 bits per heavy atom. The van der Waals surface area contributed by atoms with Gasteiger partial charge in [0.25, 0.3) is 0 Å². The van der Waals surface area contributed by atoms with E-state index >= 15 is 0 Å². The molecule has 19 heavy (non-hydrogen) atoms. The summed E-state index contributed by atoms with van der Waals surface area (Å²) in [6.45, 7) is 6.71. The number of rotatable bonds is 5. The average molecular weight is 261 g/mol. The Morgan fingerprint density at radius 1 is 1.37 bits per heavy atom. The van der Waals surface area contributed by atoms with Crippen LogP contribution in [-0.4, -0.2) is 11.6 Å². The molecule has 0 radical (unpaired) electrons. The first-order valence-electron chi connectivity index (χ1n) is 6.67. The summed E-state index contributed by atoms with van der Waals surface area (Å²) >= 11 is 0. The van der Waals surface area contributed by atoms with Crippen molar-refractivity contribution < 1.29 is 9.15 Å². The van der Waals surface area contributed by atoms with Crippen LogP contribution in [0, 0.1) is 5.92 Å². The van der Waals surface area contributed by atoms with E-state index in [0.29, 0.717) is 23.4 Å². The van der Waals surface area contributed by atoms with E-state index in [0.717, 1.165) is 18.4 Å². The predicted octanol–water partition coefficient (Wildman–Crippen LogP) is 3.18. The highest BCUT2D eigenvalue weighted by Crippen LogP contribution is 2.19. The highest BCUT2D eigenvalue weighted by atomic mass is 16.6. The van der Waals surface area contributed by atoms with Crippen LogP contribution in [0.1, 0.15) is 32.8 Å². The molecule has 0 unspecified atom stereocenters. The molecule has 0 amide bonds. The van der Waals surface area contributed by atoms with Crippen LogP contribution >= 0.6 is 0 Å². The molecule has 0 atom stereocenters. The maximum absolute atomic E-state index is 12.1. The summed E-state index contributed by atoms with van der Waals surface area (Å²) in [7, 11) is 0. The maximum Gasteiger partial charge on any atom is 0.397 e. The van der Waals surface area contributed by atoms with Crippen molar-refractivity contribution in [2.45, 2.75) is 33.6 Å². The second-order valence-corrected chi connectivity index (χ2v) is 5.02. The third-order valence-corrected chi connectivity index (χ3v) is 2.78. The molecule has 0 fully saturated rings. The monoisotopic (exact) mass is 261 g/mol. The number of hydrogen-bond acceptors (Lipinski definition) is 4. The van der Waals surface area contributed by atoms with Gasteiger partial charge in [-0.15, -0.1) is 0 Å². The van der Waals surface area contributed by atoms with Gasteiger partial charge in [-0.05, 0) is 30.4 Å². The number of hydrogen-bond donors (Lipinski definition) is 0. The molecular weight excluding hydrogens is 242 g/mol. The highest BCUT2D eigenvalue weighted by molar-refractivity contribution is 5.81. The second-order valence-electron chi connectivity index (χ2n) is 5.02. The van der Waals surface area contributed by atoms with E-state index in [1.807, 2.05) is 25.1 Å². The van der Waals surface area contributed by atoms with Gasteiger partial charge in [0.05, 0.1) is 17.5 Å². The molecule has 1 heterocycles. The van der Waals surface area contributed by atoms with Crippen LogP contribution in [0.5, 0.6) is 6.08 Å². The van der Waals surface area contributed by atoms with Gasteiger partial charge in [-0.1, -0.05) is 32.9 Å². The fourth-order valence-electron chi connectivity index (χ4n) is 2.03. The fourth-order valence-corrected chi connectivity index (χ4v) is 2.03. The molecule has 102 valence electrons. The number of benzene rings is 1. The van der Waals surface area contributed by atoms with Gasteiger partial charge in [-0.25, -0.2) is 4.79 Å². The van der Waals surface area contributed by atoms with Crippen molar-refractivity contribution in [1.82, 2.24) is 4.98 Å². The Morgan fingerprint density at radius 3 is 2.84 bits per heavy atom. The molecule has 0 aliphatic heterocycles. The van der Waals surface area contributed by atoms with Crippen LogP contribution in [0.2, 0.25) is 0 Å². The predicted molar refractivity (Wildman–Crippen MR) is 74.6 cm³/mol. The summed E-state index contributed by atoms with van der Waals surface area (Å²) in [4.78, 5) is 16.3. The summed E-state index contributed by atoms with van der Waals surface area (Å²) in [5.41, 5.74) is 1.25. The number of nitrogens with zero attached hydrogens (tertiary/aromatic N) is 1. The standard InChI is InChI=1S/C15H19NO3/c1-4-8-18-15-16-12-7-5-6-11(9-10(2)3)13(12)14(17)19-15/h5-7,10H,4,8-9H2,1-3H3. The Balaban J connectivity index is 2.49. The zero-order chi connectivity index (χ0) is 13.8. The lowest BCUT2D eigenvalue weighted by molar-refractivity contribution is 0.217. The highest BCUT2D eigenvalue weighted by Gasteiger charge is 2.12. The third-order valence-electron chi connectivity index (χ3n) is 2.78. The van der Waals surface area contributed by atoms with Gasteiger partial charge >= 0.3 is 11.7 Å². The van der Waals surface area contributed by atoms with Crippen molar-refractivity contribution in [2.24, 2.45) is 5.92 Å². The number of fused-ring (bicyclic) bond motifs is 1. The molecule has 0 spiro atoms. The number of aromatic nitrogens is 1. The van der Waals surface area contributed by atoms with Gasteiger partial charge in [0.2, 0.25) is 0 Å². The van der Waals surface area contributed by atoms with Gasteiger partial charge in [0.1, 0.15) is 0 Å². The van der Waals surface area contributed by atoms with E-state index < -0.39 is 0 Å². The molecule has 0 aliphatic rings. The van der Waals surface area contributed by atoms with E-state index in [-0.39, 0.29) is 11.7 Å². The van der Waals surface area contributed by atoms with Crippen molar-refractivity contribution >= 4 is 10.9 Å². The molecule has 2 rings (SSSR count). The van der Waals surface area contributed by atoms with Crippen molar-refractivity contribution in [3.05, 3.63) is 34.2 Å². The van der Waals surface area contributed by atoms with E-state index in [1.54, 1.807) is 0 Å². The lowest BCUT2D eigenvalue weighted by Crippen LogP contribution is -2.09. The maximum atomic E-state index is 12.1. The van der Waals surface area contributed by atoms with E-state index in [1.165, 1.54) is 0 Å². The molecule has 0 N–H and O–H groups in total. The Kier molecular flexibility index (Phi) is 4.20. The zero-order valence-electron chi connectivity index (χ0n) is 11.6. The molecule has 1 aromatic carbocycles. The molecule has 0 aliphatic carbocycles. The SMILES string of the molecule is CCCOc1nc2cccc(CC(C)C)c2c(=O)o1. The molecule has 0 saturated carbocycles. The Bertz CT molecular complexity index is 616. The lowest BCUT2D eigenvalue weighted by Gasteiger charge is -2.08. The lowest BCUT2D eigenvalue weighted by atomic mass is 10.00. The van der Waals surface area contributed by atoms with Crippen LogP contribution < -0.4 is 10.4 Å². The quantitative estimate of drug-likeness (QED) is 0.829. The van der Waals surface area contributed by atoms with E-state index in [9.17, 15) is 4.79 Å². The summed E-state index contributed by atoms with van der Waals surface area (Å²) < 4.78 is 10.4. The molecular formula is C15H19NO3. The van der Waals surface area contributed by atoms with Gasteiger partial charge in [-0.2, -0.15) is 4.98 Å². The Hall–Kier alpha value is -1.84. The molecule has 4 nitrogen and oxygen atoms in total. The minimum absolute atomic E-state index is 0.0565. The minimum Gasteiger partial charge on any atom is -0.450 e. The van der Waals surface area contributed by atoms with Crippen molar-refractivity contribution in [1.29, 1.82) is 0 Å². The first-order chi connectivity index (χ1) is 9.11. The van der Waals surface area contributed by atoms with Gasteiger partial charge < -0.3 is 9.15 Å². The van der Waals surface area contributed by atoms with Crippen LogP contribution in [0.25, 0.3) is 10.9 Å². The second kappa shape index (κ2) is 5.87. The molecule has 2 aromatic rings. The van der Waals surface area contributed by atoms with Crippen LogP contribution in [0.3, 0.4) is 0 Å². The number of ether oxygens (including phenoxy) is 1.